The number of ether oxygens (including phenoxy) is 1. The minimum atomic E-state index is -0.272. The van der Waals surface area contributed by atoms with Crippen molar-refractivity contribution >= 4 is 46.3 Å². The number of carbonyl (C=O) groups excluding carboxylic acids is 1. The predicted molar refractivity (Wildman–Crippen MR) is 105 cm³/mol. The Bertz CT molecular complexity index is 930. The molecule has 7 heteroatoms. The van der Waals surface area contributed by atoms with Crippen LogP contribution in [0.1, 0.15) is 10.4 Å². The van der Waals surface area contributed by atoms with Crippen LogP contribution in [-0.4, -0.2) is 18.0 Å². The summed E-state index contributed by atoms with van der Waals surface area (Å²) >= 11 is 12.0. The maximum Gasteiger partial charge on any atom is 0.259 e. The van der Waals surface area contributed by atoms with Crippen LogP contribution in [0.5, 0.6) is 5.75 Å². The maximum atomic E-state index is 12.4. The van der Waals surface area contributed by atoms with Gasteiger partial charge in [0.05, 0.1) is 35.3 Å². The second-order valence-corrected chi connectivity index (χ2v) is 6.18. The Kier molecular flexibility index (Phi) is 5.61. The van der Waals surface area contributed by atoms with E-state index >= 15 is 0 Å². The molecule has 1 heterocycles. The Morgan fingerprint density at radius 1 is 1.08 bits per heavy atom. The zero-order valence-corrected chi connectivity index (χ0v) is 15.3. The van der Waals surface area contributed by atoms with Crippen LogP contribution in [0.4, 0.5) is 17.2 Å². The molecule has 132 valence electrons. The minimum Gasteiger partial charge on any atom is -0.496 e. The van der Waals surface area contributed by atoms with Gasteiger partial charge in [-0.05, 0) is 42.5 Å². The highest BCUT2D eigenvalue weighted by atomic mass is 35.5. The number of anilines is 3. The van der Waals surface area contributed by atoms with E-state index in [9.17, 15) is 4.79 Å². The van der Waals surface area contributed by atoms with Crippen LogP contribution >= 0.6 is 23.2 Å². The lowest BCUT2D eigenvalue weighted by Crippen LogP contribution is -2.13. The summed E-state index contributed by atoms with van der Waals surface area (Å²) < 4.78 is 5.20. The Hall–Kier alpha value is -2.76. The van der Waals surface area contributed by atoms with Gasteiger partial charge in [-0.1, -0.05) is 35.3 Å². The van der Waals surface area contributed by atoms with E-state index in [1.807, 2.05) is 0 Å². The highest BCUT2D eigenvalue weighted by Gasteiger charge is 2.12. The van der Waals surface area contributed by atoms with Crippen molar-refractivity contribution in [3.63, 3.8) is 0 Å². The van der Waals surface area contributed by atoms with Crippen molar-refractivity contribution in [1.29, 1.82) is 0 Å². The average Bonchev–Trinajstić information content (AvgIpc) is 2.65. The molecule has 0 atom stereocenters. The summed E-state index contributed by atoms with van der Waals surface area (Å²) in [6.45, 7) is 0. The molecule has 0 radical (unpaired) electrons. The van der Waals surface area contributed by atoms with Crippen molar-refractivity contribution < 1.29 is 9.53 Å². The molecule has 0 aliphatic heterocycles. The molecule has 26 heavy (non-hydrogen) atoms. The molecule has 0 fully saturated rings. The first kappa shape index (κ1) is 18.0. The number of hydrogen-bond donors (Lipinski definition) is 2. The van der Waals surface area contributed by atoms with Crippen LogP contribution in [0.15, 0.2) is 60.8 Å². The quantitative estimate of drug-likeness (QED) is 0.615. The van der Waals surface area contributed by atoms with Crippen molar-refractivity contribution in [3.05, 3.63) is 76.4 Å². The van der Waals surface area contributed by atoms with Crippen molar-refractivity contribution in [2.45, 2.75) is 0 Å². The smallest absolute Gasteiger partial charge is 0.259 e. The molecular formula is C19H15Cl2N3O2. The van der Waals surface area contributed by atoms with E-state index in [1.54, 1.807) is 60.8 Å². The number of halogens is 2. The summed E-state index contributed by atoms with van der Waals surface area (Å²) in [5.74, 6) is 0.823. The number of para-hydroxylation sites is 1. The van der Waals surface area contributed by atoms with Crippen LogP contribution in [0, 0.1) is 0 Å². The van der Waals surface area contributed by atoms with Gasteiger partial charge in [-0.3, -0.25) is 4.79 Å². The van der Waals surface area contributed by atoms with Crippen LogP contribution in [-0.2, 0) is 0 Å². The van der Waals surface area contributed by atoms with Crippen LogP contribution in [0.3, 0.4) is 0 Å². The summed E-state index contributed by atoms with van der Waals surface area (Å²) in [7, 11) is 1.52. The van der Waals surface area contributed by atoms with Gasteiger partial charge in [0.1, 0.15) is 11.6 Å². The summed E-state index contributed by atoms with van der Waals surface area (Å²) in [5, 5.41) is 6.94. The van der Waals surface area contributed by atoms with Crippen LogP contribution < -0.4 is 15.4 Å². The molecule has 3 rings (SSSR count). The molecular weight excluding hydrogens is 373 g/mol. The Morgan fingerprint density at radius 2 is 1.88 bits per heavy atom. The lowest BCUT2D eigenvalue weighted by molar-refractivity contribution is 0.102. The van der Waals surface area contributed by atoms with Crippen LogP contribution in [0.2, 0.25) is 10.0 Å². The van der Waals surface area contributed by atoms with Gasteiger partial charge in [-0.15, -0.1) is 0 Å². The van der Waals surface area contributed by atoms with E-state index in [4.69, 9.17) is 27.9 Å². The maximum absolute atomic E-state index is 12.4. The fourth-order valence-corrected chi connectivity index (χ4v) is 2.76. The number of rotatable bonds is 5. The van der Waals surface area contributed by atoms with E-state index in [0.717, 1.165) is 0 Å². The van der Waals surface area contributed by atoms with Gasteiger partial charge < -0.3 is 15.4 Å². The van der Waals surface area contributed by atoms with E-state index in [-0.39, 0.29) is 5.91 Å². The number of pyridine rings is 1. The topological polar surface area (TPSA) is 63.2 Å². The Labute approximate surface area is 160 Å². The zero-order valence-electron chi connectivity index (χ0n) is 13.8. The number of methoxy groups -OCH3 is 1. The first-order valence-corrected chi connectivity index (χ1v) is 8.45. The summed E-state index contributed by atoms with van der Waals surface area (Å²) in [4.78, 5) is 16.7. The lowest BCUT2D eigenvalue weighted by Gasteiger charge is -2.10. The van der Waals surface area contributed by atoms with Gasteiger partial charge >= 0.3 is 0 Å². The number of hydrogen-bond acceptors (Lipinski definition) is 4. The highest BCUT2D eigenvalue weighted by Crippen LogP contribution is 2.28. The van der Waals surface area contributed by atoms with E-state index in [2.05, 4.69) is 15.6 Å². The summed E-state index contributed by atoms with van der Waals surface area (Å²) in [6, 6.07) is 15.6. The largest absolute Gasteiger partial charge is 0.496 e. The van der Waals surface area contributed by atoms with Crippen molar-refractivity contribution in [2.75, 3.05) is 17.7 Å². The Balaban J connectivity index is 1.70. The number of benzene rings is 2. The predicted octanol–water partition coefficient (Wildman–Crippen LogP) is 5.39. The van der Waals surface area contributed by atoms with E-state index in [1.165, 1.54) is 7.11 Å². The van der Waals surface area contributed by atoms with Gasteiger partial charge in [-0.2, -0.15) is 0 Å². The monoisotopic (exact) mass is 387 g/mol. The molecule has 1 amide bonds. The molecule has 5 nitrogen and oxygen atoms in total. The molecule has 3 aromatic rings. The molecule has 0 unspecified atom stereocenters. The third-order valence-corrected chi connectivity index (χ3v) is 4.11. The number of nitrogens with zero attached hydrogens (tertiary/aromatic N) is 1. The molecule has 0 bridgehead atoms. The van der Waals surface area contributed by atoms with Crippen molar-refractivity contribution in [3.8, 4) is 5.75 Å². The minimum absolute atomic E-state index is 0.272. The first-order valence-electron chi connectivity index (χ1n) is 7.69. The summed E-state index contributed by atoms with van der Waals surface area (Å²) in [6.07, 6.45) is 1.56. The standard InChI is InChI=1S/C19H15Cl2N3O2/c1-26-17-5-3-2-4-14(17)19(25)23-13-7-9-18(22-11-13)24-16-8-6-12(20)10-15(16)21/h2-11H,1H3,(H,22,24)(H,23,25). The number of amides is 1. The molecule has 1 aromatic heterocycles. The molecule has 2 N–H and O–H groups in total. The third-order valence-electron chi connectivity index (χ3n) is 3.57. The second kappa shape index (κ2) is 8.08. The van der Waals surface area contributed by atoms with Gasteiger partial charge in [0.25, 0.3) is 5.91 Å². The fourth-order valence-electron chi connectivity index (χ4n) is 2.30. The highest BCUT2D eigenvalue weighted by molar-refractivity contribution is 6.36. The van der Waals surface area contributed by atoms with Gasteiger partial charge in [0, 0.05) is 5.02 Å². The number of aromatic nitrogens is 1. The number of nitrogens with one attached hydrogen (secondary N) is 2. The normalized spacial score (nSPS) is 10.3. The van der Waals surface area contributed by atoms with Gasteiger partial charge in [-0.25, -0.2) is 4.98 Å². The zero-order chi connectivity index (χ0) is 18.5. The van der Waals surface area contributed by atoms with E-state index < -0.39 is 0 Å². The molecule has 0 spiro atoms. The molecule has 0 saturated carbocycles. The molecule has 0 saturated heterocycles. The molecule has 0 aliphatic carbocycles. The summed E-state index contributed by atoms with van der Waals surface area (Å²) in [5.41, 5.74) is 1.70. The Morgan fingerprint density at radius 3 is 2.58 bits per heavy atom. The molecule has 2 aromatic carbocycles. The first-order chi connectivity index (χ1) is 12.6. The average molecular weight is 388 g/mol. The van der Waals surface area contributed by atoms with Crippen molar-refractivity contribution in [1.82, 2.24) is 4.98 Å². The van der Waals surface area contributed by atoms with Crippen molar-refractivity contribution in [2.24, 2.45) is 0 Å². The second-order valence-electron chi connectivity index (χ2n) is 5.34. The van der Waals surface area contributed by atoms with Crippen LogP contribution in [0.25, 0.3) is 0 Å². The molecule has 0 aliphatic rings. The fraction of sp³-hybridized carbons (Fsp3) is 0.0526. The van der Waals surface area contributed by atoms with E-state index in [0.29, 0.717) is 38.6 Å². The van der Waals surface area contributed by atoms with Gasteiger partial charge in [0.2, 0.25) is 0 Å². The third kappa shape index (κ3) is 4.25. The SMILES string of the molecule is COc1ccccc1C(=O)Nc1ccc(Nc2ccc(Cl)cc2Cl)nc1. The van der Waals surface area contributed by atoms with Gasteiger partial charge in [0.15, 0.2) is 0 Å². The number of carbonyl (C=O) groups is 1. The lowest BCUT2D eigenvalue weighted by atomic mass is 10.2.